The number of anilines is 4. The SMILES string of the molecule is CN1CCN(c2ccc(Nc3nc(N)n(-c4ncc5c(n4)C4CC[C@@H]5C4)n3)cc2)CC1. The molecule has 3 aromatic rings. The van der Waals surface area contributed by atoms with Crippen molar-refractivity contribution >= 4 is 23.3 Å². The molecule has 2 atom stereocenters. The van der Waals surface area contributed by atoms with E-state index in [2.05, 4.69) is 49.4 Å². The Morgan fingerprint density at radius 1 is 1.00 bits per heavy atom. The second-order valence-corrected chi connectivity index (χ2v) is 8.89. The third-order valence-corrected chi connectivity index (χ3v) is 6.91. The molecule has 31 heavy (non-hydrogen) atoms. The van der Waals surface area contributed by atoms with E-state index in [1.807, 2.05) is 18.3 Å². The molecule has 3 aliphatic rings. The largest absolute Gasteiger partial charge is 0.369 e. The van der Waals surface area contributed by atoms with Crippen LogP contribution in [0, 0.1) is 0 Å². The van der Waals surface area contributed by atoms with Gasteiger partial charge in [-0.1, -0.05) is 0 Å². The Morgan fingerprint density at radius 3 is 2.58 bits per heavy atom. The lowest BCUT2D eigenvalue weighted by atomic mass is 9.98. The number of hydrogen-bond donors (Lipinski definition) is 2. The third kappa shape index (κ3) is 3.29. The topological polar surface area (TPSA) is 101 Å². The number of hydrogen-bond acceptors (Lipinski definition) is 8. The maximum atomic E-state index is 6.14. The lowest BCUT2D eigenvalue weighted by molar-refractivity contribution is 0.313. The summed E-state index contributed by atoms with van der Waals surface area (Å²) in [4.78, 5) is 18.4. The van der Waals surface area contributed by atoms with Crippen molar-refractivity contribution in [1.29, 1.82) is 0 Å². The Bertz CT molecular complexity index is 1100. The van der Waals surface area contributed by atoms with Gasteiger partial charge in [0.2, 0.25) is 11.9 Å². The fourth-order valence-electron chi connectivity index (χ4n) is 5.12. The van der Waals surface area contributed by atoms with Gasteiger partial charge < -0.3 is 20.9 Å². The highest BCUT2D eigenvalue weighted by molar-refractivity contribution is 5.60. The average Bonchev–Trinajstić information content (AvgIpc) is 3.50. The predicted molar refractivity (Wildman–Crippen MR) is 120 cm³/mol. The highest BCUT2D eigenvalue weighted by Crippen LogP contribution is 2.51. The standard InChI is InChI=1S/C22H27N9/c1-29-8-10-30(11-9-29)17-6-4-16(5-7-17)25-21-27-20(23)31(28-21)22-24-13-18-14-2-3-15(12-14)19(18)26-22/h4-7,13-15H,2-3,8-12H2,1H3,(H3,23,25,27,28)/t14-,15?/m1/s1. The van der Waals surface area contributed by atoms with E-state index in [0.717, 1.165) is 31.9 Å². The molecule has 2 bridgehead atoms. The van der Waals surface area contributed by atoms with Gasteiger partial charge in [-0.15, -0.1) is 5.10 Å². The van der Waals surface area contributed by atoms with Gasteiger partial charge in [0, 0.05) is 49.7 Å². The van der Waals surface area contributed by atoms with Crippen molar-refractivity contribution in [3.05, 3.63) is 41.7 Å². The fourth-order valence-corrected chi connectivity index (χ4v) is 5.12. The highest BCUT2D eigenvalue weighted by atomic mass is 15.5. The first kappa shape index (κ1) is 18.6. The number of aromatic nitrogens is 5. The van der Waals surface area contributed by atoms with Gasteiger partial charge in [0.05, 0.1) is 5.69 Å². The summed E-state index contributed by atoms with van der Waals surface area (Å²) in [5.74, 6) is 2.40. The number of nitrogens with zero attached hydrogens (tertiary/aromatic N) is 7. The van der Waals surface area contributed by atoms with Crippen molar-refractivity contribution in [1.82, 2.24) is 29.6 Å². The molecule has 1 unspecified atom stereocenters. The predicted octanol–water partition coefficient (Wildman–Crippen LogP) is 2.50. The molecule has 3 N–H and O–H groups in total. The summed E-state index contributed by atoms with van der Waals surface area (Å²) in [5.41, 5.74) is 10.8. The second-order valence-electron chi connectivity index (χ2n) is 8.89. The maximum Gasteiger partial charge on any atom is 0.254 e. The van der Waals surface area contributed by atoms with E-state index >= 15 is 0 Å². The van der Waals surface area contributed by atoms with Gasteiger partial charge in [-0.25, -0.2) is 9.97 Å². The number of nitrogens with one attached hydrogen (secondary N) is 1. The van der Waals surface area contributed by atoms with E-state index in [9.17, 15) is 0 Å². The van der Waals surface area contributed by atoms with Gasteiger partial charge in [-0.3, -0.25) is 0 Å². The first-order valence-electron chi connectivity index (χ1n) is 11.0. The molecule has 0 spiro atoms. The van der Waals surface area contributed by atoms with Gasteiger partial charge in [-0.2, -0.15) is 9.67 Å². The zero-order chi connectivity index (χ0) is 20.9. The number of fused-ring (bicyclic) bond motifs is 5. The van der Waals surface area contributed by atoms with E-state index < -0.39 is 0 Å². The summed E-state index contributed by atoms with van der Waals surface area (Å²) < 4.78 is 1.52. The van der Waals surface area contributed by atoms with Crippen LogP contribution in [0.4, 0.5) is 23.3 Å². The van der Waals surface area contributed by atoms with Crippen LogP contribution in [-0.4, -0.2) is 62.9 Å². The Labute approximate surface area is 181 Å². The summed E-state index contributed by atoms with van der Waals surface area (Å²) in [6.45, 7) is 4.28. The minimum absolute atomic E-state index is 0.277. The molecular weight excluding hydrogens is 390 g/mol. The minimum atomic E-state index is 0.277. The van der Waals surface area contributed by atoms with Gasteiger partial charge in [0.1, 0.15) is 0 Å². The fraction of sp³-hybridized carbons (Fsp3) is 0.455. The molecule has 1 aliphatic heterocycles. The summed E-state index contributed by atoms with van der Waals surface area (Å²) in [6, 6.07) is 8.36. The minimum Gasteiger partial charge on any atom is -0.369 e. The smallest absolute Gasteiger partial charge is 0.254 e. The molecular formula is C22H27N9. The van der Waals surface area contributed by atoms with Gasteiger partial charge >= 0.3 is 0 Å². The van der Waals surface area contributed by atoms with Crippen molar-refractivity contribution < 1.29 is 0 Å². The lowest BCUT2D eigenvalue weighted by Gasteiger charge is -2.34. The van der Waals surface area contributed by atoms with Crippen LogP contribution < -0.4 is 16.0 Å². The van der Waals surface area contributed by atoms with Crippen LogP contribution in [0.15, 0.2) is 30.5 Å². The summed E-state index contributed by atoms with van der Waals surface area (Å²) in [7, 11) is 2.17. The molecule has 9 heteroatoms. The zero-order valence-corrected chi connectivity index (χ0v) is 17.7. The average molecular weight is 418 g/mol. The molecule has 1 saturated heterocycles. The van der Waals surface area contributed by atoms with E-state index in [-0.39, 0.29) is 5.95 Å². The first-order chi connectivity index (χ1) is 15.1. The molecule has 1 aromatic carbocycles. The lowest BCUT2D eigenvalue weighted by Crippen LogP contribution is -2.44. The van der Waals surface area contributed by atoms with E-state index in [4.69, 9.17) is 10.7 Å². The number of nitrogens with two attached hydrogens (primary N) is 1. The van der Waals surface area contributed by atoms with Crippen molar-refractivity contribution in [2.45, 2.75) is 31.1 Å². The van der Waals surface area contributed by atoms with Crippen LogP contribution in [0.25, 0.3) is 5.95 Å². The Kier molecular flexibility index (Phi) is 4.31. The monoisotopic (exact) mass is 417 g/mol. The van der Waals surface area contributed by atoms with Gasteiger partial charge in [0.15, 0.2) is 0 Å². The van der Waals surface area contributed by atoms with Gasteiger partial charge in [0.25, 0.3) is 5.95 Å². The molecule has 2 aliphatic carbocycles. The zero-order valence-electron chi connectivity index (χ0n) is 17.7. The number of benzene rings is 1. The van der Waals surface area contributed by atoms with Crippen LogP contribution in [0.1, 0.15) is 42.4 Å². The molecule has 6 rings (SSSR count). The van der Waals surface area contributed by atoms with Crippen molar-refractivity contribution in [2.24, 2.45) is 0 Å². The molecule has 1 saturated carbocycles. The molecule has 160 valence electrons. The Balaban J connectivity index is 1.19. The van der Waals surface area contributed by atoms with E-state index in [1.54, 1.807) is 0 Å². The number of piperazine rings is 1. The Morgan fingerprint density at radius 2 is 1.77 bits per heavy atom. The molecule has 9 nitrogen and oxygen atoms in total. The molecule has 3 heterocycles. The first-order valence-corrected chi connectivity index (χ1v) is 11.0. The van der Waals surface area contributed by atoms with Crippen molar-refractivity contribution in [2.75, 3.05) is 49.2 Å². The van der Waals surface area contributed by atoms with E-state index in [1.165, 1.54) is 40.9 Å². The van der Waals surface area contributed by atoms with Crippen LogP contribution in [0.3, 0.4) is 0 Å². The molecule has 0 amide bonds. The molecule has 0 radical (unpaired) electrons. The number of rotatable bonds is 4. The normalized spacial score (nSPS) is 22.7. The number of nitrogen functional groups attached to an aromatic ring is 1. The summed E-state index contributed by atoms with van der Waals surface area (Å²) >= 11 is 0. The summed E-state index contributed by atoms with van der Waals surface area (Å²) in [5, 5.41) is 7.76. The van der Waals surface area contributed by atoms with Gasteiger partial charge in [-0.05, 0) is 62.1 Å². The quantitative estimate of drug-likeness (QED) is 0.668. The number of likely N-dealkylation sites (N-methyl/N-ethyl adjacent to an activating group) is 1. The highest BCUT2D eigenvalue weighted by Gasteiger charge is 2.38. The third-order valence-electron chi connectivity index (χ3n) is 6.91. The van der Waals surface area contributed by atoms with Crippen molar-refractivity contribution in [3.63, 3.8) is 0 Å². The maximum absolute atomic E-state index is 6.14. The molecule has 2 fully saturated rings. The molecule has 2 aromatic heterocycles. The Hall–Kier alpha value is -3.20. The summed E-state index contributed by atoms with van der Waals surface area (Å²) in [6.07, 6.45) is 5.63. The van der Waals surface area contributed by atoms with Crippen LogP contribution in [0.2, 0.25) is 0 Å². The van der Waals surface area contributed by atoms with Crippen LogP contribution >= 0.6 is 0 Å². The van der Waals surface area contributed by atoms with Crippen molar-refractivity contribution in [3.8, 4) is 5.95 Å². The van der Waals surface area contributed by atoms with E-state index in [0.29, 0.717) is 23.7 Å². The van der Waals surface area contributed by atoms with Crippen LogP contribution in [0.5, 0.6) is 0 Å². The second kappa shape index (κ2) is 7.19. The van der Waals surface area contributed by atoms with Crippen LogP contribution in [-0.2, 0) is 0 Å².